The van der Waals surface area contributed by atoms with Gasteiger partial charge in [0.05, 0.1) is 10.4 Å². The van der Waals surface area contributed by atoms with Crippen LogP contribution in [0.2, 0.25) is 10.0 Å². The van der Waals surface area contributed by atoms with Gasteiger partial charge in [0.15, 0.2) is 5.82 Å². The summed E-state index contributed by atoms with van der Waals surface area (Å²) in [6.45, 7) is 0.179. The molecule has 7 heteroatoms. The molecule has 3 rings (SSSR count). The van der Waals surface area contributed by atoms with Crippen LogP contribution in [0.4, 0.5) is 5.82 Å². The number of halogens is 2. The summed E-state index contributed by atoms with van der Waals surface area (Å²) in [5.74, 6) is 1.45. The Labute approximate surface area is 129 Å². The Hall–Kier alpha value is -1.56. The first-order valence-electron chi connectivity index (χ1n) is 5.71. The summed E-state index contributed by atoms with van der Waals surface area (Å²) >= 11 is 13.5. The van der Waals surface area contributed by atoms with Crippen LogP contribution in [0.1, 0.15) is 5.82 Å². The van der Waals surface area contributed by atoms with Gasteiger partial charge in [-0.2, -0.15) is 0 Å². The van der Waals surface area contributed by atoms with E-state index in [2.05, 4.69) is 9.97 Å². The molecule has 0 saturated carbocycles. The molecule has 20 heavy (non-hydrogen) atoms. The van der Waals surface area contributed by atoms with E-state index >= 15 is 0 Å². The van der Waals surface area contributed by atoms with E-state index in [9.17, 15) is 0 Å². The molecule has 2 N–H and O–H groups in total. The van der Waals surface area contributed by atoms with Gasteiger partial charge in [0, 0.05) is 0 Å². The third kappa shape index (κ3) is 2.52. The fourth-order valence-electron chi connectivity index (χ4n) is 1.73. The Morgan fingerprint density at radius 3 is 2.90 bits per heavy atom. The van der Waals surface area contributed by atoms with Crippen LogP contribution in [0, 0.1) is 0 Å². The Balaban J connectivity index is 1.84. The Morgan fingerprint density at radius 1 is 1.20 bits per heavy atom. The van der Waals surface area contributed by atoms with Crippen molar-refractivity contribution in [3.8, 4) is 5.75 Å². The van der Waals surface area contributed by atoms with E-state index < -0.39 is 0 Å². The summed E-state index contributed by atoms with van der Waals surface area (Å²) in [6, 6.07) is 7.10. The molecule has 102 valence electrons. The van der Waals surface area contributed by atoms with E-state index in [1.807, 2.05) is 11.4 Å². The molecular weight excluding hydrogens is 317 g/mol. The van der Waals surface area contributed by atoms with Crippen LogP contribution in [0.5, 0.6) is 5.75 Å². The van der Waals surface area contributed by atoms with Gasteiger partial charge in [-0.05, 0) is 23.6 Å². The van der Waals surface area contributed by atoms with Gasteiger partial charge < -0.3 is 10.5 Å². The SMILES string of the molecule is Nc1nc(COc2cccc(Cl)c2Cl)nc2sccc12. The quantitative estimate of drug-likeness (QED) is 0.785. The van der Waals surface area contributed by atoms with E-state index in [0.717, 1.165) is 10.2 Å². The monoisotopic (exact) mass is 325 g/mol. The normalized spacial score (nSPS) is 10.9. The van der Waals surface area contributed by atoms with Gasteiger partial charge in [-0.15, -0.1) is 11.3 Å². The second kappa shape index (κ2) is 5.44. The molecule has 0 aliphatic rings. The first kappa shape index (κ1) is 13.4. The number of hydrogen-bond acceptors (Lipinski definition) is 5. The fraction of sp³-hybridized carbons (Fsp3) is 0.0769. The lowest BCUT2D eigenvalue weighted by molar-refractivity contribution is 0.297. The lowest BCUT2D eigenvalue weighted by atomic mass is 10.3. The van der Waals surface area contributed by atoms with Gasteiger partial charge in [-0.3, -0.25) is 0 Å². The third-order valence-electron chi connectivity index (χ3n) is 2.67. The number of aromatic nitrogens is 2. The maximum absolute atomic E-state index is 6.05. The number of hydrogen-bond donors (Lipinski definition) is 1. The lowest BCUT2D eigenvalue weighted by Gasteiger charge is -2.08. The zero-order valence-corrected chi connectivity index (χ0v) is 12.5. The Morgan fingerprint density at radius 2 is 2.05 bits per heavy atom. The van der Waals surface area contributed by atoms with Gasteiger partial charge in [0.1, 0.15) is 28.0 Å². The molecule has 0 aliphatic heterocycles. The van der Waals surface area contributed by atoms with Crippen LogP contribution in [0.25, 0.3) is 10.2 Å². The molecule has 0 atom stereocenters. The molecular formula is C13H9Cl2N3OS. The van der Waals surface area contributed by atoms with Crippen LogP contribution >= 0.6 is 34.5 Å². The summed E-state index contributed by atoms with van der Waals surface area (Å²) in [6.07, 6.45) is 0. The maximum atomic E-state index is 6.05. The standard InChI is InChI=1S/C13H9Cl2N3OS/c14-8-2-1-3-9(11(8)15)19-6-10-17-12(16)7-4-5-20-13(7)18-10/h1-5H,6H2,(H2,16,17,18). The summed E-state index contributed by atoms with van der Waals surface area (Å²) in [7, 11) is 0. The van der Waals surface area contributed by atoms with Crippen molar-refractivity contribution >= 4 is 50.6 Å². The predicted octanol–water partition coefficient (Wildman–Crippen LogP) is 4.16. The van der Waals surface area contributed by atoms with Crippen molar-refractivity contribution < 1.29 is 4.74 Å². The molecule has 1 aromatic carbocycles. The van der Waals surface area contributed by atoms with Crippen molar-refractivity contribution in [2.75, 3.05) is 5.73 Å². The summed E-state index contributed by atoms with van der Waals surface area (Å²) in [5, 5.41) is 3.60. The minimum Gasteiger partial charge on any atom is -0.484 e. The molecule has 0 aliphatic carbocycles. The molecule has 3 aromatic rings. The number of ether oxygens (including phenoxy) is 1. The summed E-state index contributed by atoms with van der Waals surface area (Å²) in [4.78, 5) is 9.44. The second-order valence-electron chi connectivity index (χ2n) is 4.01. The van der Waals surface area contributed by atoms with Crippen molar-refractivity contribution in [1.82, 2.24) is 9.97 Å². The van der Waals surface area contributed by atoms with E-state index in [4.69, 9.17) is 33.7 Å². The lowest BCUT2D eigenvalue weighted by Crippen LogP contribution is -2.04. The van der Waals surface area contributed by atoms with Gasteiger partial charge in [-0.25, -0.2) is 9.97 Å². The van der Waals surface area contributed by atoms with E-state index in [1.54, 1.807) is 18.2 Å². The number of nitrogen functional groups attached to an aromatic ring is 1. The highest BCUT2D eigenvalue weighted by Gasteiger charge is 2.09. The topological polar surface area (TPSA) is 61.0 Å². The van der Waals surface area contributed by atoms with E-state index in [-0.39, 0.29) is 6.61 Å². The summed E-state index contributed by atoms with van der Waals surface area (Å²) < 4.78 is 5.59. The zero-order chi connectivity index (χ0) is 14.1. The zero-order valence-electron chi connectivity index (χ0n) is 10.1. The predicted molar refractivity (Wildman–Crippen MR) is 82.6 cm³/mol. The van der Waals surface area contributed by atoms with Gasteiger partial charge >= 0.3 is 0 Å². The highest BCUT2D eigenvalue weighted by Crippen LogP contribution is 2.32. The molecule has 2 aromatic heterocycles. The Bertz CT molecular complexity index is 775. The van der Waals surface area contributed by atoms with Gasteiger partial charge in [0.25, 0.3) is 0 Å². The number of thiophene rings is 1. The van der Waals surface area contributed by atoms with Crippen LogP contribution in [-0.2, 0) is 6.61 Å². The van der Waals surface area contributed by atoms with Crippen LogP contribution in [0.3, 0.4) is 0 Å². The van der Waals surface area contributed by atoms with Gasteiger partial charge in [0.2, 0.25) is 0 Å². The molecule has 0 bridgehead atoms. The van der Waals surface area contributed by atoms with Crippen LogP contribution in [-0.4, -0.2) is 9.97 Å². The number of nitrogens with zero attached hydrogens (tertiary/aromatic N) is 2. The number of nitrogens with two attached hydrogens (primary N) is 1. The van der Waals surface area contributed by atoms with Crippen molar-refractivity contribution in [1.29, 1.82) is 0 Å². The highest BCUT2D eigenvalue weighted by molar-refractivity contribution is 7.16. The maximum Gasteiger partial charge on any atom is 0.169 e. The molecule has 0 spiro atoms. The minimum atomic E-state index is 0.179. The minimum absolute atomic E-state index is 0.179. The van der Waals surface area contributed by atoms with E-state index in [1.165, 1.54) is 11.3 Å². The second-order valence-corrected chi connectivity index (χ2v) is 5.68. The summed E-state index contributed by atoms with van der Waals surface area (Å²) in [5.41, 5.74) is 5.88. The Kier molecular flexibility index (Phi) is 3.65. The number of anilines is 1. The molecule has 0 fully saturated rings. The van der Waals surface area contributed by atoms with Crippen molar-refractivity contribution in [3.63, 3.8) is 0 Å². The first-order valence-corrected chi connectivity index (χ1v) is 7.35. The fourth-order valence-corrected chi connectivity index (χ4v) is 2.86. The molecule has 4 nitrogen and oxygen atoms in total. The molecule has 0 saturated heterocycles. The van der Waals surface area contributed by atoms with Crippen molar-refractivity contribution in [2.24, 2.45) is 0 Å². The highest BCUT2D eigenvalue weighted by atomic mass is 35.5. The smallest absolute Gasteiger partial charge is 0.169 e. The number of benzene rings is 1. The molecule has 0 unspecified atom stereocenters. The van der Waals surface area contributed by atoms with Crippen molar-refractivity contribution in [3.05, 3.63) is 45.5 Å². The third-order valence-corrected chi connectivity index (χ3v) is 4.28. The number of rotatable bonds is 3. The molecule has 0 radical (unpaired) electrons. The van der Waals surface area contributed by atoms with Crippen LogP contribution < -0.4 is 10.5 Å². The van der Waals surface area contributed by atoms with Crippen LogP contribution in [0.15, 0.2) is 29.6 Å². The average Bonchev–Trinajstić information content (AvgIpc) is 2.89. The van der Waals surface area contributed by atoms with Gasteiger partial charge in [-0.1, -0.05) is 29.3 Å². The van der Waals surface area contributed by atoms with Crippen molar-refractivity contribution in [2.45, 2.75) is 6.61 Å². The number of fused-ring (bicyclic) bond motifs is 1. The van der Waals surface area contributed by atoms with E-state index in [0.29, 0.717) is 27.4 Å². The average molecular weight is 326 g/mol. The molecule has 0 amide bonds. The molecule has 2 heterocycles. The first-order chi connectivity index (χ1) is 9.65. The largest absolute Gasteiger partial charge is 0.484 e.